The Balaban J connectivity index is 1.81. The van der Waals surface area contributed by atoms with Gasteiger partial charge in [0.05, 0.1) is 0 Å². The van der Waals surface area contributed by atoms with Crippen LogP contribution in [0.1, 0.15) is 5.56 Å². The summed E-state index contributed by atoms with van der Waals surface area (Å²) in [6.45, 7) is 0. The van der Waals surface area contributed by atoms with Crippen molar-refractivity contribution >= 4 is 27.5 Å². The molecule has 0 aliphatic rings. The van der Waals surface area contributed by atoms with Gasteiger partial charge in [0, 0.05) is 5.56 Å². The molecule has 3 rings (SSSR count). The van der Waals surface area contributed by atoms with Gasteiger partial charge in [-0.1, -0.05) is 60.7 Å². The summed E-state index contributed by atoms with van der Waals surface area (Å²) >= 11 is 0.707. The van der Waals surface area contributed by atoms with Gasteiger partial charge in [0.15, 0.2) is 5.82 Å². The van der Waals surface area contributed by atoms with E-state index >= 15 is 0 Å². The molecule has 0 saturated carbocycles. The maximum absolute atomic E-state index is 12.5. The van der Waals surface area contributed by atoms with Crippen LogP contribution in [0.4, 0.5) is 0 Å². The molecule has 0 amide bonds. The molecule has 1 aromatic heterocycles. The van der Waals surface area contributed by atoms with Gasteiger partial charge in [-0.3, -0.25) is 4.79 Å². The SMILES string of the molecule is O=C(O)C(Cc1ccccc1)NS(=O)(=O)c1nc(-c2ccccc2)ns1. The van der Waals surface area contributed by atoms with Gasteiger partial charge < -0.3 is 5.11 Å². The van der Waals surface area contributed by atoms with Crippen LogP contribution in [0.25, 0.3) is 11.4 Å². The van der Waals surface area contributed by atoms with Crippen LogP contribution in [0, 0.1) is 0 Å². The average molecular weight is 389 g/mol. The number of carboxylic acids is 1. The van der Waals surface area contributed by atoms with Crippen LogP contribution in [0.5, 0.6) is 0 Å². The first kappa shape index (κ1) is 18.2. The highest BCUT2D eigenvalue weighted by Gasteiger charge is 2.28. The van der Waals surface area contributed by atoms with Gasteiger partial charge in [0.25, 0.3) is 10.0 Å². The first-order valence-corrected chi connectivity index (χ1v) is 9.89. The smallest absolute Gasteiger partial charge is 0.322 e. The highest BCUT2D eigenvalue weighted by atomic mass is 32.2. The van der Waals surface area contributed by atoms with E-state index in [1.54, 1.807) is 54.6 Å². The van der Waals surface area contributed by atoms with E-state index in [0.717, 1.165) is 0 Å². The number of rotatable bonds is 7. The summed E-state index contributed by atoms with van der Waals surface area (Å²) in [4.78, 5) is 15.5. The van der Waals surface area contributed by atoms with Gasteiger partial charge in [-0.2, -0.15) is 9.10 Å². The molecule has 2 N–H and O–H groups in total. The monoisotopic (exact) mass is 389 g/mol. The van der Waals surface area contributed by atoms with E-state index < -0.39 is 22.0 Å². The number of benzene rings is 2. The molecule has 9 heteroatoms. The fourth-order valence-electron chi connectivity index (χ4n) is 2.29. The Morgan fingerprint density at radius 3 is 2.31 bits per heavy atom. The predicted octanol–water partition coefficient (Wildman–Crippen LogP) is 2.18. The molecule has 7 nitrogen and oxygen atoms in total. The van der Waals surface area contributed by atoms with Crippen molar-refractivity contribution in [1.82, 2.24) is 14.1 Å². The van der Waals surface area contributed by atoms with Crippen molar-refractivity contribution in [2.45, 2.75) is 16.8 Å². The first-order valence-electron chi connectivity index (χ1n) is 7.64. The maximum atomic E-state index is 12.5. The third-order valence-electron chi connectivity index (χ3n) is 3.55. The van der Waals surface area contributed by atoms with E-state index in [0.29, 0.717) is 22.7 Å². The minimum Gasteiger partial charge on any atom is -0.480 e. The highest BCUT2D eigenvalue weighted by molar-refractivity contribution is 7.91. The lowest BCUT2D eigenvalue weighted by Crippen LogP contribution is -2.42. The Morgan fingerprint density at radius 2 is 1.69 bits per heavy atom. The van der Waals surface area contributed by atoms with Crippen molar-refractivity contribution < 1.29 is 18.3 Å². The molecule has 0 bridgehead atoms. The minimum absolute atomic E-state index is 0.0275. The van der Waals surface area contributed by atoms with E-state index in [1.807, 2.05) is 6.07 Å². The van der Waals surface area contributed by atoms with Gasteiger partial charge >= 0.3 is 5.97 Å². The molecular weight excluding hydrogens is 374 g/mol. The Morgan fingerprint density at radius 1 is 1.08 bits per heavy atom. The van der Waals surface area contributed by atoms with E-state index in [4.69, 9.17) is 0 Å². The van der Waals surface area contributed by atoms with Crippen LogP contribution in [0.15, 0.2) is 65.0 Å². The fraction of sp³-hybridized carbons (Fsp3) is 0.118. The predicted molar refractivity (Wildman–Crippen MR) is 97.2 cm³/mol. The lowest BCUT2D eigenvalue weighted by molar-refractivity contribution is -0.138. The third-order valence-corrected chi connectivity index (χ3v) is 6.09. The lowest BCUT2D eigenvalue weighted by Gasteiger charge is -2.13. The number of carbonyl (C=O) groups is 1. The van der Waals surface area contributed by atoms with Crippen LogP contribution in [-0.4, -0.2) is 34.9 Å². The summed E-state index contributed by atoms with van der Waals surface area (Å²) < 4.78 is 31.0. The quantitative estimate of drug-likeness (QED) is 0.641. The molecule has 0 saturated heterocycles. The van der Waals surface area contributed by atoms with Crippen molar-refractivity contribution in [2.75, 3.05) is 0 Å². The van der Waals surface area contributed by atoms with E-state index in [9.17, 15) is 18.3 Å². The topological polar surface area (TPSA) is 109 Å². The summed E-state index contributed by atoms with van der Waals surface area (Å²) in [6, 6.07) is 16.5. The summed E-state index contributed by atoms with van der Waals surface area (Å²) in [5, 5.41) is 9.37. The largest absolute Gasteiger partial charge is 0.480 e. The summed E-state index contributed by atoms with van der Waals surface area (Å²) in [5.74, 6) is -0.976. The minimum atomic E-state index is -4.10. The van der Waals surface area contributed by atoms with E-state index in [2.05, 4.69) is 14.1 Å². The van der Waals surface area contributed by atoms with Crippen molar-refractivity contribution in [1.29, 1.82) is 0 Å². The zero-order valence-electron chi connectivity index (χ0n) is 13.4. The Hall–Kier alpha value is -2.62. The molecule has 26 heavy (non-hydrogen) atoms. The Labute approximate surface area is 154 Å². The van der Waals surface area contributed by atoms with E-state index in [1.165, 1.54) is 0 Å². The summed E-state index contributed by atoms with van der Waals surface area (Å²) in [6.07, 6.45) is 0.0275. The van der Waals surface area contributed by atoms with Gasteiger partial charge in [-0.25, -0.2) is 13.4 Å². The van der Waals surface area contributed by atoms with Crippen LogP contribution in [-0.2, 0) is 21.2 Å². The normalized spacial score (nSPS) is 12.6. The number of hydrogen-bond acceptors (Lipinski definition) is 6. The molecule has 0 aliphatic heterocycles. The highest BCUT2D eigenvalue weighted by Crippen LogP contribution is 2.21. The molecule has 0 spiro atoms. The van der Waals surface area contributed by atoms with Crippen molar-refractivity contribution in [3.05, 3.63) is 66.2 Å². The second-order valence-corrected chi connectivity index (χ2v) is 8.09. The number of aliphatic carboxylic acids is 1. The Bertz CT molecular complexity index is 989. The number of sulfonamides is 1. The first-order chi connectivity index (χ1) is 12.5. The van der Waals surface area contributed by atoms with Gasteiger partial charge in [0.2, 0.25) is 4.34 Å². The number of aromatic nitrogens is 2. The molecule has 0 fully saturated rings. The third kappa shape index (κ3) is 4.31. The van der Waals surface area contributed by atoms with Crippen LogP contribution >= 0.6 is 11.5 Å². The second kappa shape index (κ2) is 7.73. The standard InChI is InChI=1S/C17H15N3O4S2/c21-16(22)14(11-12-7-3-1-4-8-12)20-26(23,24)17-18-15(19-25-17)13-9-5-2-6-10-13/h1-10,14,20H,11H2,(H,21,22). The van der Waals surface area contributed by atoms with Crippen molar-refractivity contribution in [3.63, 3.8) is 0 Å². The van der Waals surface area contributed by atoms with E-state index in [-0.39, 0.29) is 16.6 Å². The maximum Gasteiger partial charge on any atom is 0.322 e. The fourth-order valence-corrected chi connectivity index (χ4v) is 4.24. The van der Waals surface area contributed by atoms with Gasteiger partial charge in [-0.05, 0) is 23.5 Å². The molecule has 1 unspecified atom stereocenters. The molecular formula is C17H15N3O4S2. The molecule has 134 valence electrons. The molecule has 0 radical (unpaired) electrons. The number of nitrogens with one attached hydrogen (secondary N) is 1. The van der Waals surface area contributed by atoms with Crippen LogP contribution in [0.3, 0.4) is 0 Å². The van der Waals surface area contributed by atoms with Gasteiger partial charge in [0.1, 0.15) is 6.04 Å². The number of carboxylic acid groups (broad SMARTS) is 1. The molecule has 3 aromatic rings. The lowest BCUT2D eigenvalue weighted by atomic mass is 10.1. The Kier molecular flexibility index (Phi) is 5.40. The van der Waals surface area contributed by atoms with Crippen LogP contribution < -0.4 is 4.72 Å². The molecule has 1 heterocycles. The summed E-state index contributed by atoms with van der Waals surface area (Å²) in [7, 11) is -4.10. The molecule has 1 atom stereocenters. The zero-order valence-corrected chi connectivity index (χ0v) is 15.1. The number of nitrogens with zero attached hydrogens (tertiary/aromatic N) is 2. The van der Waals surface area contributed by atoms with Crippen molar-refractivity contribution in [3.8, 4) is 11.4 Å². The molecule has 2 aromatic carbocycles. The van der Waals surface area contributed by atoms with Gasteiger partial charge in [-0.15, -0.1) is 0 Å². The summed E-state index contributed by atoms with van der Waals surface area (Å²) in [5.41, 5.74) is 1.40. The number of hydrogen-bond donors (Lipinski definition) is 2. The second-order valence-electron chi connectivity index (χ2n) is 5.45. The average Bonchev–Trinajstić information content (AvgIpc) is 3.14. The van der Waals surface area contributed by atoms with Crippen molar-refractivity contribution in [2.24, 2.45) is 0 Å². The zero-order chi connectivity index (χ0) is 18.6. The van der Waals surface area contributed by atoms with Crippen LogP contribution in [0.2, 0.25) is 0 Å². The molecule has 0 aliphatic carbocycles.